The fourth-order valence-electron chi connectivity index (χ4n) is 4.37. The number of hydrogen-bond acceptors (Lipinski definition) is 1. The lowest BCUT2D eigenvalue weighted by atomic mass is 9.86. The molecule has 0 fully saturated rings. The molecule has 29 heavy (non-hydrogen) atoms. The van der Waals surface area contributed by atoms with Crippen LogP contribution in [-0.2, 0) is 5.54 Å². The van der Waals surface area contributed by atoms with Crippen LogP contribution in [0.4, 0.5) is 0 Å². The maximum Gasteiger partial charge on any atom is 0.137 e. The van der Waals surface area contributed by atoms with Crippen molar-refractivity contribution in [3.63, 3.8) is 0 Å². The zero-order valence-electron chi connectivity index (χ0n) is 19.0. The van der Waals surface area contributed by atoms with Crippen molar-refractivity contribution in [3.8, 4) is 5.75 Å². The van der Waals surface area contributed by atoms with E-state index in [1.54, 1.807) is 0 Å². The van der Waals surface area contributed by atoms with Crippen molar-refractivity contribution < 1.29 is 27.1 Å². The number of quaternary nitrogens is 1. The molecule has 0 unspecified atom stereocenters. The molecule has 0 radical (unpaired) electrons. The molecular formula is C25H40ClNO2. The van der Waals surface area contributed by atoms with Crippen LogP contribution >= 0.6 is 0 Å². The van der Waals surface area contributed by atoms with Gasteiger partial charge in [-0.15, -0.1) is 0 Å². The first-order valence-corrected chi connectivity index (χ1v) is 10.4. The lowest BCUT2D eigenvalue weighted by Gasteiger charge is -2.52. The van der Waals surface area contributed by atoms with Crippen molar-refractivity contribution in [1.82, 2.24) is 0 Å². The summed E-state index contributed by atoms with van der Waals surface area (Å²) in [6.07, 6.45) is 0. The summed E-state index contributed by atoms with van der Waals surface area (Å²) in [5, 5.41) is 0. The maximum absolute atomic E-state index is 6.14. The predicted octanol–water partition coefficient (Wildman–Crippen LogP) is 2.31. The normalized spacial score (nSPS) is 11.7. The standard InChI is InChI=1S/C25H38NO.ClH.H2O/c1-21(2)19-26(20-22(3)4,17-18-27-24-15-11-8-12-16-24)25(5,6)23-13-9-7-10-14-23;;/h7-16,21-22H,17-20H2,1-6H3;1H;1H2/q+1;;/p-1. The largest absolute Gasteiger partial charge is 1.00 e. The van der Waals surface area contributed by atoms with Gasteiger partial charge in [0.05, 0.1) is 13.1 Å². The van der Waals surface area contributed by atoms with Crippen molar-refractivity contribution in [3.05, 3.63) is 66.2 Å². The van der Waals surface area contributed by atoms with Gasteiger partial charge >= 0.3 is 0 Å². The zero-order chi connectivity index (χ0) is 19.9. The topological polar surface area (TPSA) is 40.7 Å². The van der Waals surface area contributed by atoms with Gasteiger partial charge in [0.25, 0.3) is 0 Å². The molecule has 0 saturated heterocycles. The zero-order valence-corrected chi connectivity index (χ0v) is 19.7. The third-order valence-corrected chi connectivity index (χ3v) is 5.63. The summed E-state index contributed by atoms with van der Waals surface area (Å²) >= 11 is 0. The van der Waals surface area contributed by atoms with E-state index in [-0.39, 0.29) is 23.4 Å². The summed E-state index contributed by atoms with van der Waals surface area (Å²) in [5.41, 5.74) is 1.43. The van der Waals surface area contributed by atoms with Crippen molar-refractivity contribution in [2.45, 2.75) is 47.1 Å². The Morgan fingerprint density at radius 3 is 1.69 bits per heavy atom. The van der Waals surface area contributed by atoms with Gasteiger partial charge in [-0.1, -0.05) is 76.2 Å². The van der Waals surface area contributed by atoms with Crippen LogP contribution in [0.3, 0.4) is 0 Å². The molecule has 0 aliphatic rings. The third kappa shape index (κ3) is 7.33. The Labute approximate surface area is 184 Å². The Morgan fingerprint density at radius 2 is 1.24 bits per heavy atom. The minimum absolute atomic E-state index is 0. The van der Waals surface area contributed by atoms with E-state index in [1.165, 1.54) is 5.56 Å². The van der Waals surface area contributed by atoms with E-state index in [2.05, 4.69) is 71.9 Å². The number of ether oxygens (including phenoxy) is 1. The highest BCUT2D eigenvalue weighted by Gasteiger charge is 2.45. The fourth-order valence-corrected chi connectivity index (χ4v) is 4.37. The van der Waals surface area contributed by atoms with E-state index in [1.807, 2.05) is 30.3 Å². The summed E-state index contributed by atoms with van der Waals surface area (Å²) < 4.78 is 7.18. The Hall–Kier alpha value is -1.55. The number of rotatable bonds is 10. The van der Waals surface area contributed by atoms with Gasteiger partial charge in [-0.05, 0) is 26.0 Å². The molecule has 0 heterocycles. The van der Waals surface area contributed by atoms with Crippen LogP contribution in [0.2, 0.25) is 0 Å². The number of halogens is 1. The van der Waals surface area contributed by atoms with E-state index in [9.17, 15) is 0 Å². The minimum Gasteiger partial charge on any atom is -1.00 e. The number of nitrogens with zero attached hydrogens (tertiary/aromatic N) is 1. The maximum atomic E-state index is 6.14. The van der Waals surface area contributed by atoms with Gasteiger partial charge in [0.15, 0.2) is 0 Å². The molecule has 0 spiro atoms. The highest BCUT2D eigenvalue weighted by molar-refractivity contribution is 5.22. The molecule has 0 saturated carbocycles. The second-order valence-electron chi connectivity index (χ2n) is 9.11. The molecule has 0 aliphatic carbocycles. The van der Waals surface area contributed by atoms with Crippen LogP contribution in [0, 0.1) is 11.8 Å². The highest BCUT2D eigenvalue weighted by Crippen LogP contribution is 2.37. The Bertz CT molecular complexity index is 662. The molecule has 2 rings (SSSR count). The molecule has 2 aromatic rings. The van der Waals surface area contributed by atoms with E-state index in [0.717, 1.165) is 36.5 Å². The van der Waals surface area contributed by atoms with Crippen LogP contribution in [-0.4, -0.2) is 36.2 Å². The molecular weight excluding hydrogens is 382 g/mol. The van der Waals surface area contributed by atoms with Gasteiger partial charge in [-0.25, -0.2) is 0 Å². The Kier molecular flexibility index (Phi) is 11.6. The summed E-state index contributed by atoms with van der Waals surface area (Å²) in [4.78, 5) is 0. The smallest absolute Gasteiger partial charge is 0.137 e. The van der Waals surface area contributed by atoms with Gasteiger partial charge in [0, 0.05) is 17.4 Å². The van der Waals surface area contributed by atoms with E-state index in [4.69, 9.17) is 4.74 Å². The van der Waals surface area contributed by atoms with Gasteiger partial charge in [0.1, 0.15) is 24.4 Å². The van der Waals surface area contributed by atoms with Crippen LogP contribution < -0.4 is 17.1 Å². The Balaban J connectivity index is 0.00000392. The van der Waals surface area contributed by atoms with Gasteiger partial charge < -0.3 is 27.1 Å². The molecule has 0 aromatic heterocycles. The summed E-state index contributed by atoms with van der Waals surface area (Å²) in [5.74, 6) is 2.22. The second-order valence-corrected chi connectivity index (χ2v) is 9.11. The molecule has 3 nitrogen and oxygen atoms in total. The molecule has 4 heteroatoms. The molecule has 0 atom stereocenters. The highest BCUT2D eigenvalue weighted by atomic mass is 35.5. The number of benzene rings is 2. The molecule has 164 valence electrons. The van der Waals surface area contributed by atoms with Gasteiger partial charge in [0.2, 0.25) is 0 Å². The molecule has 0 bridgehead atoms. The van der Waals surface area contributed by atoms with Crippen LogP contribution in [0.25, 0.3) is 0 Å². The third-order valence-electron chi connectivity index (χ3n) is 5.63. The SMILES string of the molecule is CC(C)C[N+](CCOc1ccccc1)(CC(C)C)C(C)(C)c1ccccc1.O.[Cl-]. The van der Waals surface area contributed by atoms with Crippen molar-refractivity contribution >= 4 is 0 Å². The quantitative estimate of drug-likeness (QED) is 0.542. The first-order valence-electron chi connectivity index (χ1n) is 10.4. The molecule has 2 N–H and O–H groups in total. The average Bonchev–Trinajstić information content (AvgIpc) is 2.62. The van der Waals surface area contributed by atoms with E-state index >= 15 is 0 Å². The summed E-state index contributed by atoms with van der Waals surface area (Å²) in [6.45, 7) is 18.2. The van der Waals surface area contributed by atoms with Crippen molar-refractivity contribution in [2.24, 2.45) is 11.8 Å². The van der Waals surface area contributed by atoms with Crippen LogP contribution in [0.1, 0.15) is 47.1 Å². The Morgan fingerprint density at radius 1 is 0.793 bits per heavy atom. The monoisotopic (exact) mass is 421 g/mol. The summed E-state index contributed by atoms with van der Waals surface area (Å²) in [6, 6.07) is 21.2. The average molecular weight is 422 g/mol. The first kappa shape index (κ1) is 27.5. The van der Waals surface area contributed by atoms with Gasteiger partial charge in [-0.2, -0.15) is 0 Å². The summed E-state index contributed by atoms with van der Waals surface area (Å²) in [7, 11) is 0. The minimum atomic E-state index is 0. The van der Waals surface area contributed by atoms with Crippen LogP contribution in [0.5, 0.6) is 5.75 Å². The fraction of sp³-hybridized carbons (Fsp3) is 0.520. The molecule has 0 aliphatic heterocycles. The van der Waals surface area contributed by atoms with E-state index in [0.29, 0.717) is 11.8 Å². The number of hydrogen-bond donors (Lipinski definition) is 0. The van der Waals surface area contributed by atoms with Crippen molar-refractivity contribution in [2.75, 3.05) is 26.2 Å². The lowest BCUT2D eigenvalue weighted by molar-refractivity contribution is -0.985. The predicted molar refractivity (Wildman–Crippen MR) is 120 cm³/mol. The van der Waals surface area contributed by atoms with Crippen molar-refractivity contribution in [1.29, 1.82) is 0 Å². The van der Waals surface area contributed by atoms with Crippen LogP contribution in [0.15, 0.2) is 60.7 Å². The van der Waals surface area contributed by atoms with Gasteiger partial charge in [-0.3, -0.25) is 0 Å². The van der Waals surface area contributed by atoms with E-state index < -0.39 is 0 Å². The molecule has 2 aromatic carbocycles. The first-order chi connectivity index (χ1) is 12.8. The lowest BCUT2D eigenvalue weighted by Crippen LogP contribution is -3.00. The number of para-hydroxylation sites is 1. The molecule has 0 amide bonds. The second kappa shape index (κ2) is 12.2.